The van der Waals surface area contributed by atoms with Gasteiger partial charge in [-0.15, -0.1) is 0 Å². The highest BCUT2D eigenvalue weighted by molar-refractivity contribution is 5.60. The van der Waals surface area contributed by atoms with E-state index < -0.39 is 5.82 Å². The van der Waals surface area contributed by atoms with Crippen LogP contribution in [-0.4, -0.2) is 51.1 Å². The molecule has 2 N–H and O–H groups in total. The number of methoxy groups -OCH3 is 1. The Morgan fingerprint density at radius 2 is 1.83 bits per heavy atom. The lowest BCUT2D eigenvalue weighted by Crippen LogP contribution is -2.61. The molecule has 0 atom stereocenters. The predicted molar refractivity (Wildman–Crippen MR) is 139 cm³/mol. The third-order valence-electron chi connectivity index (χ3n) is 6.93. The van der Waals surface area contributed by atoms with Crippen LogP contribution in [0.4, 0.5) is 21.8 Å². The highest BCUT2D eigenvalue weighted by Gasteiger charge is 2.43. The van der Waals surface area contributed by atoms with Crippen LogP contribution in [0.15, 0.2) is 48.9 Å². The van der Waals surface area contributed by atoms with Gasteiger partial charge in [0.25, 0.3) is 0 Å². The fourth-order valence-corrected chi connectivity index (χ4v) is 4.84. The molecule has 1 fully saturated rings. The fraction of sp³-hybridized carbons (Fsp3) is 0.444. The molecule has 0 aliphatic carbocycles. The highest BCUT2D eigenvalue weighted by atomic mass is 19.1. The molecule has 1 aliphatic heterocycles. The molecule has 0 unspecified atom stereocenters. The zero-order chi connectivity index (χ0) is 25.9. The molecule has 0 spiro atoms. The van der Waals surface area contributed by atoms with Crippen LogP contribution >= 0.6 is 0 Å². The van der Waals surface area contributed by atoms with E-state index in [0.29, 0.717) is 23.8 Å². The minimum absolute atomic E-state index is 0.0285. The molecule has 0 bridgehead atoms. The van der Waals surface area contributed by atoms with E-state index in [1.807, 2.05) is 18.2 Å². The first kappa shape index (κ1) is 25.6. The number of halogens is 1. The Morgan fingerprint density at radius 1 is 1.08 bits per heavy atom. The first-order valence-electron chi connectivity index (χ1n) is 12.1. The summed E-state index contributed by atoms with van der Waals surface area (Å²) in [5.74, 6) is 1.15. The molecule has 2 aromatic heterocycles. The van der Waals surface area contributed by atoms with Crippen molar-refractivity contribution in [3.05, 3.63) is 60.3 Å². The Bertz CT molecular complexity index is 1170. The van der Waals surface area contributed by atoms with Gasteiger partial charge in [-0.2, -0.15) is 4.98 Å². The van der Waals surface area contributed by atoms with Crippen LogP contribution in [0.3, 0.4) is 0 Å². The van der Waals surface area contributed by atoms with Gasteiger partial charge in [-0.25, -0.2) is 9.37 Å². The number of hydrogen-bond acceptors (Lipinski definition) is 8. The van der Waals surface area contributed by atoms with Gasteiger partial charge >= 0.3 is 0 Å². The molecule has 1 aliphatic rings. The first-order chi connectivity index (χ1) is 17.1. The molecule has 8 nitrogen and oxygen atoms in total. The van der Waals surface area contributed by atoms with Crippen LogP contribution in [0.1, 0.15) is 46.1 Å². The molecule has 4 rings (SSSR count). The molecule has 1 saturated heterocycles. The van der Waals surface area contributed by atoms with E-state index in [4.69, 9.17) is 9.47 Å². The van der Waals surface area contributed by atoms with Gasteiger partial charge in [0.2, 0.25) is 5.95 Å². The number of aromatic nitrogens is 3. The molecule has 0 radical (unpaired) electrons. The number of ether oxygens (including phenoxy) is 2. The lowest BCUT2D eigenvalue weighted by Gasteiger charge is -2.53. The number of benzene rings is 1. The monoisotopic (exact) mass is 494 g/mol. The average Bonchev–Trinajstić information content (AvgIpc) is 2.84. The van der Waals surface area contributed by atoms with Gasteiger partial charge < -0.3 is 20.1 Å². The Kier molecular flexibility index (Phi) is 7.31. The standard InChI is InChI=1S/C27H35FN6O2/c1-26(2)13-20(14-27(3,4)34(26)5)31-24-21(28)16-30-25(33-24)32-19-9-10-22(35-6)23(12-19)36-17-18-8-7-11-29-15-18/h7-12,15-16,20H,13-14,17H2,1-6H3,(H2,30,31,32,33). The van der Waals surface area contributed by atoms with Crippen molar-refractivity contribution >= 4 is 17.5 Å². The summed E-state index contributed by atoms with van der Waals surface area (Å²) >= 11 is 0. The maximum atomic E-state index is 14.7. The lowest BCUT2D eigenvalue weighted by atomic mass is 9.77. The zero-order valence-electron chi connectivity index (χ0n) is 21.8. The molecule has 9 heteroatoms. The zero-order valence-corrected chi connectivity index (χ0v) is 21.8. The average molecular weight is 495 g/mol. The lowest BCUT2D eigenvalue weighted by molar-refractivity contribution is -0.00778. The van der Waals surface area contributed by atoms with Gasteiger partial charge in [0, 0.05) is 46.8 Å². The summed E-state index contributed by atoms with van der Waals surface area (Å²) in [7, 11) is 3.74. The smallest absolute Gasteiger partial charge is 0.229 e. The summed E-state index contributed by atoms with van der Waals surface area (Å²) in [4.78, 5) is 15.1. The van der Waals surface area contributed by atoms with E-state index in [1.54, 1.807) is 31.6 Å². The molecular formula is C27H35FN6O2. The summed E-state index contributed by atoms with van der Waals surface area (Å²) < 4.78 is 26.1. The molecule has 1 aromatic carbocycles. The van der Waals surface area contributed by atoms with Gasteiger partial charge in [0.1, 0.15) is 6.61 Å². The van der Waals surface area contributed by atoms with Crippen LogP contribution in [-0.2, 0) is 6.61 Å². The Hall–Kier alpha value is -3.46. The van der Waals surface area contributed by atoms with Gasteiger partial charge in [0.05, 0.1) is 13.3 Å². The maximum absolute atomic E-state index is 14.7. The van der Waals surface area contributed by atoms with Gasteiger partial charge in [0.15, 0.2) is 23.1 Å². The first-order valence-corrected chi connectivity index (χ1v) is 12.1. The maximum Gasteiger partial charge on any atom is 0.229 e. The van der Waals surface area contributed by atoms with Crippen molar-refractivity contribution in [1.29, 1.82) is 0 Å². The van der Waals surface area contributed by atoms with E-state index in [-0.39, 0.29) is 28.9 Å². The minimum atomic E-state index is -0.481. The third-order valence-corrected chi connectivity index (χ3v) is 6.93. The van der Waals surface area contributed by atoms with Gasteiger partial charge in [-0.3, -0.25) is 9.88 Å². The number of piperidine rings is 1. The number of nitrogens with one attached hydrogen (secondary N) is 2. The SMILES string of the molecule is COc1ccc(Nc2ncc(F)c(NC3CC(C)(C)N(C)C(C)(C)C3)n2)cc1OCc1cccnc1. The summed E-state index contributed by atoms with van der Waals surface area (Å²) in [6.45, 7) is 9.19. The fourth-order valence-electron chi connectivity index (χ4n) is 4.84. The van der Waals surface area contributed by atoms with Crippen molar-refractivity contribution in [3.8, 4) is 11.5 Å². The number of hydrogen-bond donors (Lipinski definition) is 2. The quantitative estimate of drug-likeness (QED) is 0.430. The molecule has 0 amide bonds. The van der Waals surface area contributed by atoms with E-state index in [1.165, 1.54) is 6.20 Å². The van der Waals surface area contributed by atoms with Crippen molar-refractivity contribution in [2.24, 2.45) is 0 Å². The Balaban J connectivity index is 1.49. The number of likely N-dealkylation sites (tertiary alicyclic amines) is 1. The van der Waals surface area contributed by atoms with E-state index in [9.17, 15) is 4.39 Å². The van der Waals surface area contributed by atoms with E-state index in [2.05, 4.69) is 65.2 Å². The highest BCUT2D eigenvalue weighted by Crippen LogP contribution is 2.38. The van der Waals surface area contributed by atoms with Crippen molar-refractivity contribution in [2.75, 3.05) is 24.8 Å². The largest absolute Gasteiger partial charge is 0.493 e. The molecular weight excluding hydrogens is 459 g/mol. The van der Waals surface area contributed by atoms with E-state index in [0.717, 1.165) is 18.4 Å². The predicted octanol–water partition coefficient (Wildman–Crippen LogP) is 5.41. The van der Waals surface area contributed by atoms with Crippen LogP contribution < -0.4 is 20.1 Å². The summed E-state index contributed by atoms with van der Waals surface area (Å²) in [6, 6.07) is 9.31. The van der Waals surface area contributed by atoms with Crippen LogP contribution in [0.5, 0.6) is 11.5 Å². The van der Waals surface area contributed by atoms with Crippen molar-refractivity contribution in [3.63, 3.8) is 0 Å². The second kappa shape index (κ2) is 10.3. The van der Waals surface area contributed by atoms with Crippen LogP contribution in [0.25, 0.3) is 0 Å². The third kappa shape index (κ3) is 5.84. The number of anilines is 3. The molecule has 36 heavy (non-hydrogen) atoms. The van der Waals surface area contributed by atoms with E-state index >= 15 is 0 Å². The second-order valence-electron chi connectivity index (χ2n) is 10.5. The molecule has 3 heterocycles. The van der Waals surface area contributed by atoms with Gasteiger partial charge in [-0.1, -0.05) is 6.07 Å². The minimum Gasteiger partial charge on any atom is -0.493 e. The summed E-state index contributed by atoms with van der Waals surface area (Å²) in [5.41, 5.74) is 1.57. The summed E-state index contributed by atoms with van der Waals surface area (Å²) in [5, 5.41) is 6.49. The van der Waals surface area contributed by atoms with Crippen molar-refractivity contribution in [2.45, 2.75) is 64.3 Å². The molecule has 3 aromatic rings. The number of pyridine rings is 1. The normalized spacial score (nSPS) is 17.4. The number of rotatable bonds is 8. The van der Waals surface area contributed by atoms with Crippen molar-refractivity contribution < 1.29 is 13.9 Å². The van der Waals surface area contributed by atoms with Crippen molar-refractivity contribution in [1.82, 2.24) is 19.9 Å². The topological polar surface area (TPSA) is 84.4 Å². The van der Waals surface area contributed by atoms with Crippen LogP contribution in [0, 0.1) is 5.82 Å². The van der Waals surface area contributed by atoms with Gasteiger partial charge in [-0.05, 0) is 65.8 Å². The molecule has 0 saturated carbocycles. The summed E-state index contributed by atoms with van der Waals surface area (Å²) in [6.07, 6.45) is 6.40. The number of nitrogens with zero attached hydrogens (tertiary/aromatic N) is 4. The Labute approximate surface area is 212 Å². The molecule has 192 valence electrons. The van der Waals surface area contributed by atoms with Crippen LogP contribution in [0.2, 0.25) is 0 Å². The Morgan fingerprint density at radius 3 is 2.50 bits per heavy atom. The second-order valence-corrected chi connectivity index (χ2v) is 10.5.